The van der Waals surface area contributed by atoms with E-state index < -0.39 is 38.2 Å². The molecule has 0 spiro atoms. The van der Waals surface area contributed by atoms with Crippen LogP contribution in [0.1, 0.15) is 32.3 Å². The molecule has 0 aromatic heterocycles. The van der Waals surface area contributed by atoms with Gasteiger partial charge in [0.15, 0.2) is 21.3 Å². The summed E-state index contributed by atoms with van der Waals surface area (Å²) in [6.07, 6.45) is 0.450. The van der Waals surface area contributed by atoms with Gasteiger partial charge in [0, 0.05) is 18.7 Å². The Morgan fingerprint density at radius 3 is 2.58 bits per heavy atom. The van der Waals surface area contributed by atoms with Crippen molar-refractivity contribution < 1.29 is 27.4 Å². The number of alkyl carbamates (subject to hydrolysis) is 1. The lowest BCUT2D eigenvalue weighted by atomic mass is 10.1. The van der Waals surface area contributed by atoms with Crippen LogP contribution < -0.4 is 20.5 Å². The van der Waals surface area contributed by atoms with Crippen LogP contribution >= 0.6 is 0 Å². The molecule has 8 nitrogen and oxygen atoms in total. The van der Waals surface area contributed by atoms with Gasteiger partial charge in [-0.2, -0.15) is 0 Å². The number of rotatable bonds is 4. The Labute approximate surface area is 152 Å². The van der Waals surface area contributed by atoms with Gasteiger partial charge in [0.25, 0.3) is 0 Å². The van der Waals surface area contributed by atoms with E-state index in [0.717, 1.165) is 6.26 Å². The van der Waals surface area contributed by atoms with Crippen LogP contribution in [-0.2, 0) is 14.6 Å². The molecule has 0 bridgehead atoms. The lowest BCUT2D eigenvalue weighted by molar-refractivity contribution is 0.0497. The standard InChI is InChI=1S/C17H24N2O6S/c1-16(2,3)25-15(20)19-17(8-18)13(14(17)26(4,21)22)10-5-6-11-12(7-10)24-9-23-11/h5-7,13-14H,8-9,18H2,1-4H3,(H,19,20)/t13-,14+,17+/m0/s1. The second-order valence-corrected chi connectivity index (χ2v) is 9.88. The third kappa shape index (κ3) is 3.33. The number of sulfone groups is 1. The van der Waals surface area contributed by atoms with Gasteiger partial charge in [0.2, 0.25) is 6.79 Å². The Kier molecular flexibility index (Phi) is 4.35. The third-order valence-electron chi connectivity index (χ3n) is 4.54. The lowest BCUT2D eigenvalue weighted by Crippen LogP contribution is -2.48. The number of amides is 1. The van der Waals surface area contributed by atoms with E-state index in [-0.39, 0.29) is 13.3 Å². The minimum atomic E-state index is -3.47. The number of hydrogen-bond acceptors (Lipinski definition) is 7. The summed E-state index contributed by atoms with van der Waals surface area (Å²) in [5.41, 5.74) is 4.81. The van der Waals surface area contributed by atoms with Crippen molar-refractivity contribution in [3.63, 3.8) is 0 Å². The first-order valence-corrected chi connectivity index (χ1v) is 10.2. The maximum Gasteiger partial charge on any atom is 0.408 e. The molecule has 9 heteroatoms. The molecular formula is C17H24N2O6S. The van der Waals surface area contributed by atoms with Gasteiger partial charge in [0.05, 0.1) is 10.8 Å². The first-order chi connectivity index (χ1) is 12.0. The number of carbonyl (C=O) groups excluding carboxylic acids is 1. The number of fused-ring (bicyclic) bond motifs is 1. The molecule has 0 radical (unpaired) electrons. The molecule has 1 aliphatic heterocycles. The second kappa shape index (κ2) is 6.02. The maximum atomic E-state index is 12.3. The van der Waals surface area contributed by atoms with Crippen molar-refractivity contribution in [3.8, 4) is 11.5 Å². The monoisotopic (exact) mass is 384 g/mol. The zero-order valence-corrected chi connectivity index (χ0v) is 16.1. The Balaban J connectivity index is 1.93. The van der Waals surface area contributed by atoms with Gasteiger partial charge < -0.3 is 25.3 Å². The summed E-state index contributed by atoms with van der Waals surface area (Å²) in [4.78, 5) is 12.3. The van der Waals surface area contributed by atoms with Crippen molar-refractivity contribution >= 4 is 15.9 Å². The van der Waals surface area contributed by atoms with Gasteiger partial charge in [-0.15, -0.1) is 0 Å². The summed E-state index contributed by atoms with van der Waals surface area (Å²) in [5.74, 6) is 0.651. The van der Waals surface area contributed by atoms with Crippen molar-refractivity contribution in [1.82, 2.24) is 5.32 Å². The van der Waals surface area contributed by atoms with E-state index in [1.165, 1.54) is 0 Å². The van der Waals surface area contributed by atoms with Crippen LogP contribution in [0.2, 0.25) is 0 Å². The number of ether oxygens (including phenoxy) is 3. The zero-order chi connectivity index (χ0) is 19.3. The first-order valence-electron chi connectivity index (χ1n) is 8.27. The van der Waals surface area contributed by atoms with Crippen molar-refractivity contribution in [2.75, 3.05) is 19.6 Å². The van der Waals surface area contributed by atoms with E-state index in [9.17, 15) is 13.2 Å². The normalized spacial score (nSPS) is 27.1. The molecule has 3 atom stereocenters. The predicted molar refractivity (Wildman–Crippen MR) is 95.1 cm³/mol. The zero-order valence-electron chi connectivity index (χ0n) is 15.2. The van der Waals surface area contributed by atoms with Crippen LogP contribution in [0, 0.1) is 0 Å². The fraction of sp³-hybridized carbons (Fsp3) is 0.588. The number of benzene rings is 1. The van der Waals surface area contributed by atoms with Crippen LogP contribution in [0.5, 0.6) is 11.5 Å². The Morgan fingerprint density at radius 1 is 1.35 bits per heavy atom. The summed E-state index contributed by atoms with van der Waals surface area (Å²) >= 11 is 0. The molecule has 1 fully saturated rings. The van der Waals surface area contributed by atoms with E-state index in [4.69, 9.17) is 19.9 Å². The minimum absolute atomic E-state index is 0.0386. The predicted octanol–water partition coefficient (Wildman–Crippen LogP) is 1.15. The number of carbonyl (C=O) groups is 1. The second-order valence-electron chi connectivity index (χ2n) is 7.71. The molecular weight excluding hydrogens is 360 g/mol. The molecule has 2 aliphatic rings. The third-order valence-corrected chi connectivity index (χ3v) is 6.16. The number of nitrogens with two attached hydrogens (primary N) is 1. The van der Waals surface area contributed by atoms with E-state index in [1.807, 2.05) is 0 Å². The average molecular weight is 384 g/mol. The summed E-state index contributed by atoms with van der Waals surface area (Å²) < 4.78 is 40.6. The van der Waals surface area contributed by atoms with Crippen LogP contribution in [-0.4, -0.2) is 50.5 Å². The SMILES string of the molecule is CC(C)(C)OC(=O)N[C@@]1(CN)[C@H](S(C)(=O)=O)[C@@H]1c1ccc2c(c1)OCO2. The summed E-state index contributed by atoms with van der Waals surface area (Å²) in [7, 11) is -3.47. The van der Waals surface area contributed by atoms with Crippen molar-refractivity contribution in [1.29, 1.82) is 0 Å². The average Bonchev–Trinajstić information content (AvgIpc) is 2.93. The van der Waals surface area contributed by atoms with Crippen LogP contribution in [0.15, 0.2) is 18.2 Å². The van der Waals surface area contributed by atoms with Gasteiger partial charge >= 0.3 is 6.09 Å². The number of hydrogen-bond donors (Lipinski definition) is 2. The first kappa shape index (κ1) is 18.8. The van der Waals surface area contributed by atoms with Crippen molar-refractivity contribution in [3.05, 3.63) is 23.8 Å². The highest BCUT2D eigenvalue weighted by Gasteiger charge is 2.70. The molecule has 1 amide bonds. The van der Waals surface area contributed by atoms with E-state index in [0.29, 0.717) is 17.1 Å². The van der Waals surface area contributed by atoms with E-state index in [1.54, 1.807) is 39.0 Å². The summed E-state index contributed by atoms with van der Waals surface area (Å²) in [5, 5.41) is 1.87. The van der Waals surface area contributed by atoms with Crippen LogP contribution in [0.4, 0.5) is 4.79 Å². The molecule has 0 unspecified atom stereocenters. The highest BCUT2D eigenvalue weighted by Crippen LogP contribution is 2.56. The molecule has 3 N–H and O–H groups in total. The quantitative estimate of drug-likeness (QED) is 0.799. The highest BCUT2D eigenvalue weighted by molar-refractivity contribution is 7.91. The molecule has 1 aliphatic carbocycles. The van der Waals surface area contributed by atoms with Gasteiger partial charge in [-0.25, -0.2) is 13.2 Å². The van der Waals surface area contributed by atoms with Crippen LogP contribution in [0.25, 0.3) is 0 Å². The Morgan fingerprint density at radius 2 is 2.00 bits per heavy atom. The van der Waals surface area contributed by atoms with E-state index in [2.05, 4.69) is 5.32 Å². The molecule has 0 saturated heterocycles. The lowest BCUT2D eigenvalue weighted by Gasteiger charge is -2.24. The van der Waals surface area contributed by atoms with Crippen LogP contribution in [0.3, 0.4) is 0 Å². The fourth-order valence-electron chi connectivity index (χ4n) is 3.55. The summed E-state index contributed by atoms with van der Waals surface area (Å²) in [6, 6.07) is 5.23. The van der Waals surface area contributed by atoms with Gasteiger partial charge in [0.1, 0.15) is 5.60 Å². The molecule has 26 heavy (non-hydrogen) atoms. The molecule has 3 rings (SSSR count). The fourth-order valence-corrected chi connectivity index (χ4v) is 5.43. The molecule has 144 valence electrons. The number of nitrogens with one attached hydrogen (secondary N) is 1. The largest absolute Gasteiger partial charge is 0.454 e. The van der Waals surface area contributed by atoms with Gasteiger partial charge in [-0.05, 0) is 38.5 Å². The van der Waals surface area contributed by atoms with Gasteiger partial charge in [-0.3, -0.25) is 0 Å². The molecule has 1 aromatic carbocycles. The Bertz CT molecular complexity index is 832. The topological polar surface area (TPSA) is 117 Å². The smallest absolute Gasteiger partial charge is 0.408 e. The molecule has 1 saturated carbocycles. The highest BCUT2D eigenvalue weighted by atomic mass is 32.2. The van der Waals surface area contributed by atoms with Crippen molar-refractivity contribution in [2.24, 2.45) is 5.73 Å². The Hall–Kier alpha value is -2.00. The van der Waals surface area contributed by atoms with Crippen molar-refractivity contribution in [2.45, 2.75) is 43.1 Å². The maximum absolute atomic E-state index is 12.3. The van der Waals surface area contributed by atoms with Gasteiger partial charge in [-0.1, -0.05) is 6.07 Å². The van der Waals surface area contributed by atoms with E-state index >= 15 is 0 Å². The summed E-state index contributed by atoms with van der Waals surface area (Å²) in [6.45, 7) is 5.29. The molecule has 1 heterocycles. The minimum Gasteiger partial charge on any atom is -0.454 e. The molecule has 1 aromatic rings.